The van der Waals surface area contributed by atoms with Gasteiger partial charge in [0, 0.05) is 30.5 Å². The number of benzene rings is 2. The van der Waals surface area contributed by atoms with E-state index >= 15 is 0 Å². The molecule has 0 saturated heterocycles. The van der Waals surface area contributed by atoms with Crippen molar-refractivity contribution in [2.24, 2.45) is 0 Å². The standard InChI is InChI=1S/C20H18O7/c1-9(27-10(2)21)4-11-5-13-17(15(23)6-11)20(25)18-14(19(13)24)7-12(22)8-16(18)26-3/h5-9,22-23H,4H2,1-3H3/t9-/m0/s1. The van der Waals surface area contributed by atoms with Crippen molar-refractivity contribution >= 4 is 17.5 Å². The van der Waals surface area contributed by atoms with Crippen molar-refractivity contribution in [2.45, 2.75) is 26.4 Å². The lowest BCUT2D eigenvalue weighted by Crippen LogP contribution is -2.23. The molecule has 0 aromatic heterocycles. The Balaban J connectivity index is 2.10. The van der Waals surface area contributed by atoms with Crippen LogP contribution in [0.5, 0.6) is 17.2 Å². The maximum atomic E-state index is 12.9. The number of phenols is 2. The molecular weight excluding hydrogens is 352 g/mol. The molecule has 3 rings (SSSR count). The summed E-state index contributed by atoms with van der Waals surface area (Å²) in [6.07, 6.45) is -0.205. The fourth-order valence-corrected chi connectivity index (χ4v) is 3.32. The molecule has 0 spiro atoms. The summed E-state index contributed by atoms with van der Waals surface area (Å²) < 4.78 is 10.2. The number of aromatic hydroxyl groups is 2. The van der Waals surface area contributed by atoms with Crippen molar-refractivity contribution in [3.63, 3.8) is 0 Å². The minimum Gasteiger partial charge on any atom is -0.508 e. The van der Waals surface area contributed by atoms with Crippen LogP contribution in [-0.2, 0) is 16.0 Å². The smallest absolute Gasteiger partial charge is 0.302 e. The van der Waals surface area contributed by atoms with E-state index in [1.165, 1.54) is 38.3 Å². The Labute approximate surface area is 155 Å². The number of hydrogen-bond donors (Lipinski definition) is 2. The Morgan fingerprint density at radius 3 is 2.33 bits per heavy atom. The molecule has 0 fully saturated rings. The minimum absolute atomic E-state index is 0.00383. The fourth-order valence-electron chi connectivity index (χ4n) is 3.32. The van der Waals surface area contributed by atoms with Crippen LogP contribution in [0, 0.1) is 0 Å². The van der Waals surface area contributed by atoms with Gasteiger partial charge < -0.3 is 19.7 Å². The van der Waals surface area contributed by atoms with Crippen molar-refractivity contribution < 1.29 is 34.1 Å². The molecule has 2 aromatic rings. The summed E-state index contributed by atoms with van der Waals surface area (Å²) in [6, 6.07) is 5.31. The Morgan fingerprint density at radius 2 is 1.70 bits per heavy atom. The molecule has 2 aromatic carbocycles. The molecule has 0 aliphatic heterocycles. The number of carbonyl (C=O) groups is 3. The average molecular weight is 370 g/mol. The molecule has 0 heterocycles. The van der Waals surface area contributed by atoms with Crippen molar-refractivity contribution in [2.75, 3.05) is 7.11 Å². The number of phenolic OH excluding ortho intramolecular Hbond substituents is 2. The van der Waals surface area contributed by atoms with E-state index in [0.29, 0.717) is 5.56 Å². The summed E-state index contributed by atoms with van der Waals surface area (Å²) in [5, 5.41) is 20.2. The number of rotatable bonds is 4. The zero-order valence-corrected chi connectivity index (χ0v) is 15.0. The molecule has 1 aliphatic carbocycles. The quantitative estimate of drug-likeness (QED) is 0.678. The molecule has 0 unspecified atom stereocenters. The number of carbonyl (C=O) groups excluding carboxylic acids is 3. The first kappa shape index (κ1) is 18.4. The summed E-state index contributed by atoms with van der Waals surface area (Å²) in [5.74, 6) is -2.00. The van der Waals surface area contributed by atoms with Gasteiger partial charge in [0.05, 0.1) is 18.2 Å². The van der Waals surface area contributed by atoms with Gasteiger partial charge in [0.1, 0.15) is 23.4 Å². The monoisotopic (exact) mass is 370 g/mol. The number of esters is 1. The normalized spacial score (nSPS) is 13.6. The third-order valence-corrected chi connectivity index (χ3v) is 4.32. The van der Waals surface area contributed by atoms with Gasteiger partial charge in [0.2, 0.25) is 5.78 Å². The minimum atomic E-state index is -0.562. The van der Waals surface area contributed by atoms with Crippen LogP contribution in [0.4, 0.5) is 0 Å². The van der Waals surface area contributed by atoms with Gasteiger partial charge in [-0.1, -0.05) is 0 Å². The predicted octanol–water partition coefficient (Wildman–Crippen LogP) is 2.38. The second-order valence-electron chi connectivity index (χ2n) is 6.39. The van der Waals surface area contributed by atoms with Crippen LogP contribution in [0.25, 0.3) is 0 Å². The summed E-state index contributed by atoms with van der Waals surface area (Å²) >= 11 is 0. The zero-order chi connectivity index (χ0) is 19.9. The van der Waals surface area contributed by atoms with E-state index < -0.39 is 23.6 Å². The van der Waals surface area contributed by atoms with E-state index in [4.69, 9.17) is 9.47 Å². The first-order valence-corrected chi connectivity index (χ1v) is 8.26. The highest BCUT2D eigenvalue weighted by Crippen LogP contribution is 2.39. The average Bonchev–Trinajstić information content (AvgIpc) is 2.57. The lowest BCUT2D eigenvalue weighted by atomic mass is 9.81. The Morgan fingerprint density at radius 1 is 1.04 bits per heavy atom. The molecule has 7 nitrogen and oxygen atoms in total. The molecule has 7 heteroatoms. The number of methoxy groups -OCH3 is 1. The Hall–Kier alpha value is -3.35. The van der Waals surface area contributed by atoms with Crippen molar-refractivity contribution in [3.05, 3.63) is 52.1 Å². The van der Waals surface area contributed by atoms with Crippen molar-refractivity contribution in [1.82, 2.24) is 0 Å². The maximum Gasteiger partial charge on any atom is 0.302 e. The zero-order valence-electron chi connectivity index (χ0n) is 15.0. The van der Waals surface area contributed by atoms with Gasteiger partial charge >= 0.3 is 5.97 Å². The predicted molar refractivity (Wildman–Crippen MR) is 94.6 cm³/mol. The summed E-state index contributed by atoms with van der Waals surface area (Å²) in [4.78, 5) is 36.9. The Kier molecular flexibility index (Phi) is 4.61. The molecule has 0 saturated carbocycles. The summed E-state index contributed by atoms with van der Waals surface area (Å²) in [7, 11) is 1.32. The van der Waals surface area contributed by atoms with Gasteiger partial charge in [-0.2, -0.15) is 0 Å². The van der Waals surface area contributed by atoms with Gasteiger partial charge in [0.15, 0.2) is 5.78 Å². The summed E-state index contributed by atoms with van der Waals surface area (Å²) in [5.41, 5.74) is 0.473. The van der Waals surface area contributed by atoms with Crippen LogP contribution >= 0.6 is 0 Å². The van der Waals surface area contributed by atoms with Gasteiger partial charge in [-0.3, -0.25) is 14.4 Å². The SMILES string of the molecule is COc1cc(O)cc2c1C(=O)c1c(O)cc(C[C@H](C)OC(C)=O)cc1C2=O. The van der Waals surface area contributed by atoms with E-state index in [1.54, 1.807) is 6.92 Å². The van der Waals surface area contributed by atoms with Crippen LogP contribution in [0.2, 0.25) is 0 Å². The first-order valence-electron chi connectivity index (χ1n) is 8.26. The highest BCUT2D eigenvalue weighted by Gasteiger charge is 2.35. The highest BCUT2D eigenvalue weighted by molar-refractivity contribution is 6.30. The molecule has 1 atom stereocenters. The van der Waals surface area contributed by atoms with Crippen LogP contribution in [0.1, 0.15) is 51.3 Å². The van der Waals surface area contributed by atoms with Crippen LogP contribution in [0.3, 0.4) is 0 Å². The molecule has 2 N–H and O–H groups in total. The molecule has 0 bridgehead atoms. The van der Waals surface area contributed by atoms with E-state index in [-0.39, 0.29) is 45.9 Å². The lowest BCUT2D eigenvalue weighted by molar-refractivity contribution is -0.145. The first-order chi connectivity index (χ1) is 12.7. The van der Waals surface area contributed by atoms with Gasteiger partial charge in [-0.25, -0.2) is 0 Å². The van der Waals surface area contributed by atoms with E-state index in [9.17, 15) is 24.6 Å². The van der Waals surface area contributed by atoms with Gasteiger partial charge in [-0.05, 0) is 30.7 Å². The van der Waals surface area contributed by atoms with E-state index in [0.717, 1.165) is 0 Å². The fraction of sp³-hybridized carbons (Fsp3) is 0.250. The van der Waals surface area contributed by atoms with Crippen molar-refractivity contribution in [1.29, 1.82) is 0 Å². The second kappa shape index (κ2) is 6.75. The van der Waals surface area contributed by atoms with E-state index in [1.807, 2.05) is 0 Å². The van der Waals surface area contributed by atoms with Gasteiger partial charge in [0.25, 0.3) is 0 Å². The Bertz CT molecular complexity index is 975. The molecule has 0 amide bonds. The number of ether oxygens (including phenoxy) is 2. The van der Waals surface area contributed by atoms with Crippen LogP contribution in [0.15, 0.2) is 24.3 Å². The number of ketones is 2. The second-order valence-corrected chi connectivity index (χ2v) is 6.39. The van der Waals surface area contributed by atoms with Crippen molar-refractivity contribution in [3.8, 4) is 17.2 Å². The lowest BCUT2D eigenvalue weighted by Gasteiger charge is -2.22. The maximum absolute atomic E-state index is 12.9. The van der Waals surface area contributed by atoms with Gasteiger partial charge in [-0.15, -0.1) is 0 Å². The van der Waals surface area contributed by atoms with Crippen LogP contribution in [-0.4, -0.2) is 41.0 Å². The highest BCUT2D eigenvalue weighted by atomic mass is 16.5. The molecule has 27 heavy (non-hydrogen) atoms. The molecular formula is C20H18O7. The third-order valence-electron chi connectivity index (χ3n) is 4.32. The topological polar surface area (TPSA) is 110 Å². The van der Waals surface area contributed by atoms with E-state index in [2.05, 4.69) is 0 Å². The molecule has 1 aliphatic rings. The molecule has 140 valence electrons. The third kappa shape index (κ3) is 3.23. The number of fused-ring (bicyclic) bond motifs is 2. The van der Waals surface area contributed by atoms with Crippen LogP contribution < -0.4 is 4.74 Å². The number of hydrogen-bond acceptors (Lipinski definition) is 7. The summed E-state index contributed by atoms with van der Waals surface area (Å²) in [6.45, 7) is 2.98. The largest absolute Gasteiger partial charge is 0.508 e. The molecule has 0 radical (unpaired) electrons.